The molecule has 4 N–H and O–H groups in total. The van der Waals surface area contributed by atoms with Gasteiger partial charge in [-0.25, -0.2) is 8.42 Å². The highest BCUT2D eigenvalue weighted by molar-refractivity contribution is 7.91. The van der Waals surface area contributed by atoms with E-state index in [-0.39, 0.29) is 87.1 Å². The van der Waals surface area contributed by atoms with E-state index in [9.17, 15) is 14.9 Å². The number of aromatic amines is 1. The second-order valence-corrected chi connectivity index (χ2v) is 24.6. The summed E-state index contributed by atoms with van der Waals surface area (Å²) in [6.45, 7) is 5.48. The molecular weight excluding hydrogens is 963 g/mol. The molecule has 1 amide bonds. The number of nitro benzene ring substituents is 1. The molecule has 18 nitrogen and oxygen atoms in total. The number of ether oxygens (including phenoxy) is 4. The van der Waals surface area contributed by atoms with Gasteiger partial charge < -0.3 is 44.8 Å². The maximum Gasteiger partial charge on any atom is 0.297 e. The summed E-state index contributed by atoms with van der Waals surface area (Å²) in [4.78, 5) is 43.2. The Bertz CT molecular complexity index is 3190. The molecule has 2 aliphatic carbocycles. The Hall–Kier alpha value is -5.99. The molecular formula is C55H63N9O9S. The number of nitrogens with two attached hydrogens (primary N) is 1. The lowest BCUT2D eigenvalue weighted by atomic mass is 9.59. The summed E-state index contributed by atoms with van der Waals surface area (Å²) in [5.74, 6) is -0.0360. The third-order valence-electron chi connectivity index (χ3n) is 18.2. The Balaban J connectivity index is 0.843. The molecule has 5 aromatic rings. The Labute approximate surface area is 429 Å². The molecule has 6 atom stereocenters. The van der Waals surface area contributed by atoms with Crippen molar-refractivity contribution in [1.82, 2.24) is 19.8 Å². The lowest BCUT2D eigenvalue weighted by Gasteiger charge is -2.56. The van der Waals surface area contributed by atoms with Crippen LogP contribution in [0.4, 0.5) is 28.4 Å². The van der Waals surface area contributed by atoms with Gasteiger partial charge in [0.05, 0.1) is 58.7 Å². The van der Waals surface area contributed by atoms with Crippen molar-refractivity contribution in [2.24, 2.45) is 17.1 Å². The number of H-pyrrole nitrogens is 1. The average Bonchev–Trinajstić information content (AvgIpc) is 3.65. The van der Waals surface area contributed by atoms with E-state index < -0.39 is 26.4 Å². The molecule has 7 fully saturated rings. The molecule has 7 aliphatic heterocycles. The minimum absolute atomic E-state index is 0.0180. The number of aromatic nitrogens is 2. The Morgan fingerprint density at radius 2 is 1.77 bits per heavy atom. The lowest BCUT2D eigenvalue weighted by Crippen LogP contribution is -2.55. The third kappa shape index (κ3) is 7.89. The van der Waals surface area contributed by atoms with Gasteiger partial charge in [0.2, 0.25) is 15.7 Å². The number of hydrogen-bond acceptors (Lipinski definition) is 15. The number of carbonyl (C=O) groups is 1. The SMILES string of the molecule is NC(=O)c1ccc(N2CCC3(CC2)CC(N2CCC[C@H]2c2ccccc2C2CC2)C3)c(S(=O)(=O)c2cc3c(c([N+](=O)[O-])c2)N[C@H](CN2C[C@H]4C[C@@H]2CO4)CO3)c1N1C[C@H]2COCC[C@@H]2Oc2nc3[nH]ccc3cc21. The van der Waals surface area contributed by atoms with Crippen molar-refractivity contribution < 1.29 is 37.1 Å². The van der Waals surface area contributed by atoms with Crippen LogP contribution in [0.15, 0.2) is 76.7 Å². The molecule has 0 radical (unpaired) electrons. The van der Waals surface area contributed by atoms with Crippen LogP contribution in [0.2, 0.25) is 0 Å². The number of amides is 1. The van der Waals surface area contributed by atoms with E-state index in [1.54, 1.807) is 18.3 Å². The van der Waals surface area contributed by atoms with E-state index in [4.69, 9.17) is 29.7 Å². The molecule has 74 heavy (non-hydrogen) atoms. The van der Waals surface area contributed by atoms with Crippen molar-refractivity contribution in [2.45, 2.75) is 116 Å². The number of anilines is 4. The van der Waals surface area contributed by atoms with Crippen LogP contribution >= 0.6 is 0 Å². The number of piperidine rings is 1. The maximum atomic E-state index is 16.2. The number of benzene rings is 3. The maximum absolute atomic E-state index is 16.2. The van der Waals surface area contributed by atoms with Gasteiger partial charge in [-0.2, -0.15) is 4.98 Å². The molecule has 0 unspecified atom stereocenters. The summed E-state index contributed by atoms with van der Waals surface area (Å²) < 4.78 is 57.3. The number of nitrogens with one attached hydrogen (secondary N) is 2. The molecule has 2 saturated carbocycles. The Morgan fingerprint density at radius 1 is 0.932 bits per heavy atom. The quantitative estimate of drug-likeness (QED) is 0.0867. The van der Waals surface area contributed by atoms with Crippen LogP contribution in [0.3, 0.4) is 0 Å². The molecule has 9 heterocycles. The van der Waals surface area contributed by atoms with E-state index >= 15 is 8.42 Å². The molecule has 5 saturated heterocycles. The molecule has 2 aromatic heterocycles. The van der Waals surface area contributed by atoms with Crippen LogP contribution in [-0.2, 0) is 19.3 Å². The number of nitro groups is 1. The zero-order valence-corrected chi connectivity index (χ0v) is 42.3. The summed E-state index contributed by atoms with van der Waals surface area (Å²) in [6.07, 6.45) is 12.0. The summed E-state index contributed by atoms with van der Waals surface area (Å²) in [7, 11) is -4.77. The number of fused-ring (bicyclic) bond motifs is 6. The molecule has 9 aliphatic rings. The fourth-order valence-electron chi connectivity index (χ4n) is 14.3. The fourth-order valence-corrected chi connectivity index (χ4v) is 16.0. The first-order chi connectivity index (χ1) is 36.0. The first-order valence-electron chi connectivity index (χ1n) is 26.9. The Kier molecular flexibility index (Phi) is 11.2. The number of nitrogens with zero attached hydrogens (tertiary/aromatic N) is 6. The zero-order chi connectivity index (χ0) is 50.0. The highest BCUT2D eigenvalue weighted by Crippen LogP contribution is 2.57. The van der Waals surface area contributed by atoms with Crippen LogP contribution in [0, 0.1) is 21.4 Å². The standard InChI is InChI=1S/C55H63N9O9S/c56-52(65)42-9-10-44(60-17-13-55(14-18-60)24-37(25-55)62-16-3-6-43(62)41-5-2-1-4-40(41)32-7-8-32)51(50(42)63-26-34-29-70-19-12-47(34)73-54-46(63)20-33-11-15-57-53(33)59-54)74(68,69)39-22-45(64(66)67)49-48(23-39)72-30-35(58-49)27-61-28-38-21-36(61)31-71-38/h1-2,4-5,9-11,15,20,22-23,32,34-38,43,47,58H,3,6-8,12-14,16-19,21,24-31H2,(H2,56,65)(H,57,59)/t34-,35+,36+,38+,43-,47-/m0/s1. The highest BCUT2D eigenvalue weighted by atomic mass is 32.2. The number of primary amides is 1. The topological polar surface area (TPSA) is 211 Å². The van der Waals surface area contributed by atoms with Gasteiger partial charge >= 0.3 is 0 Å². The first-order valence-corrected chi connectivity index (χ1v) is 28.3. The number of rotatable bonds is 11. The van der Waals surface area contributed by atoms with Gasteiger partial charge in [-0.15, -0.1) is 0 Å². The van der Waals surface area contributed by atoms with Gasteiger partial charge in [0.1, 0.15) is 28.9 Å². The molecule has 2 bridgehead atoms. The summed E-state index contributed by atoms with van der Waals surface area (Å²) in [6, 6.07) is 19.7. The van der Waals surface area contributed by atoms with Crippen LogP contribution in [-0.4, -0.2) is 135 Å². The average molecular weight is 1030 g/mol. The van der Waals surface area contributed by atoms with Crippen molar-refractivity contribution in [2.75, 3.05) is 80.8 Å². The number of sulfone groups is 1. The minimum Gasteiger partial charge on any atom is -0.489 e. The molecule has 3 aromatic carbocycles. The number of pyridine rings is 1. The second-order valence-electron chi connectivity index (χ2n) is 22.7. The third-order valence-corrected chi connectivity index (χ3v) is 20.0. The Morgan fingerprint density at radius 3 is 2.54 bits per heavy atom. The summed E-state index contributed by atoms with van der Waals surface area (Å²) >= 11 is 0. The molecule has 19 heteroatoms. The fraction of sp³-hybridized carbons (Fsp3) is 0.527. The number of morpholine rings is 1. The predicted molar refractivity (Wildman–Crippen MR) is 277 cm³/mol. The van der Waals surface area contributed by atoms with Gasteiger partial charge in [-0.1, -0.05) is 24.3 Å². The van der Waals surface area contributed by atoms with E-state index in [1.807, 2.05) is 17.0 Å². The smallest absolute Gasteiger partial charge is 0.297 e. The van der Waals surface area contributed by atoms with Gasteiger partial charge in [-0.05, 0) is 111 Å². The van der Waals surface area contributed by atoms with Gasteiger partial charge in [0, 0.05) is 86.9 Å². The van der Waals surface area contributed by atoms with E-state index in [0.717, 1.165) is 56.6 Å². The summed E-state index contributed by atoms with van der Waals surface area (Å²) in [5, 5.41) is 17.2. The van der Waals surface area contributed by atoms with Gasteiger partial charge in [0.25, 0.3) is 11.6 Å². The van der Waals surface area contributed by atoms with E-state index in [0.29, 0.717) is 80.9 Å². The van der Waals surface area contributed by atoms with E-state index in [2.05, 4.69) is 49.3 Å². The second kappa shape index (κ2) is 17.8. The van der Waals surface area contributed by atoms with Crippen molar-refractivity contribution in [1.29, 1.82) is 0 Å². The van der Waals surface area contributed by atoms with Crippen molar-refractivity contribution in [3.63, 3.8) is 0 Å². The molecule has 388 valence electrons. The van der Waals surface area contributed by atoms with Crippen LogP contribution in [0.25, 0.3) is 11.0 Å². The monoisotopic (exact) mass is 1030 g/mol. The normalized spacial score (nSPS) is 27.7. The number of carbonyl (C=O) groups excluding carboxylic acids is 1. The zero-order valence-electron chi connectivity index (χ0n) is 41.5. The van der Waals surface area contributed by atoms with E-state index in [1.165, 1.54) is 42.9 Å². The van der Waals surface area contributed by atoms with Crippen LogP contribution < -0.4 is 30.3 Å². The first kappa shape index (κ1) is 46.5. The number of hydrogen-bond donors (Lipinski definition) is 3. The lowest BCUT2D eigenvalue weighted by molar-refractivity contribution is -0.384. The van der Waals surface area contributed by atoms with Crippen LogP contribution in [0.1, 0.15) is 97.7 Å². The van der Waals surface area contributed by atoms with Gasteiger partial charge in [0.15, 0.2) is 11.4 Å². The molecule has 1 spiro atoms. The van der Waals surface area contributed by atoms with Gasteiger partial charge in [-0.3, -0.25) is 24.7 Å². The largest absolute Gasteiger partial charge is 0.489 e. The van der Waals surface area contributed by atoms with Crippen molar-refractivity contribution >= 4 is 55.2 Å². The predicted octanol–water partition coefficient (Wildman–Crippen LogP) is 7.45. The minimum atomic E-state index is -4.77. The van der Waals surface area contributed by atoms with Crippen molar-refractivity contribution in [3.8, 4) is 11.6 Å². The molecule has 14 rings (SSSR count). The summed E-state index contributed by atoms with van der Waals surface area (Å²) in [5.41, 5.74) is 10.7. The van der Waals surface area contributed by atoms with Crippen molar-refractivity contribution in [3.05, 3.63) is 93.7 Å². The highest BCUT2D eigenvalue weighted by Gasteiger charge is 2.51. The number of likely N-dealkylation sites (tertiary alicyclic amines) is 2. The van der Waals surface area contributed by atoms with Crippen LogP contribution in [0.5, 0.6) is 11.6 Å².